The zero-order valence-corrected chi connectivity index (χ0v) is 12.9. The summed E-state index contributed by atoms with van der Waals surface area (Å²) in [6.45, 7) is 4.74. The molecule has 5 heteroatoms. The van der Waals surface area contributed by atoms with E-state index in [-0.39, 0.29) is 17.2 Å². The molecular weight excluding hydrogens is 268 g/mol. The Labute approximate surface area is 125 Å². The number of carbonyl (C=O) groups excluding carboxylic acids is 3. The van der Waals surface area contributed by atoms with Crippen LogP contribution < -0.4 is 5.32 Å². The van der Waals surface area contributed by atoms with Gasteiger partial charge in [0.1, 0.15) is 5.41 Å². The van der Waals surface area contributed by atoms with Gasteiger partial charge >= 0.3 is 6.03 Å². The summed E-state index contributed by atoms with van der Waals surface area (Å²) >= 11 is 0. The van der Waals surface area contributed by atoms with E-state index in [1.165, 1.54) is 4.90 Å². The minimum atomic E-state index is -0.973. The lowest BCUT2D eigenvalue weighted by Crippen LogP contribution is -2.65. The van der Waals surface area contributed by atoms with Crippen LogP contribution >= 0.6 is 0 Å². The number of rotatable bonds is 3. The Kier molecular flexibility index (Phi) is 3.34. The van der Waals surface area contributed by atoms with Crippen molar-refractivity contribution in [1.29, 1.82) is 0 Å². The lowest BCUT2D eigenvalue weighted by atomic mass is 9.71. The Hall–Kier alpha value is -1.39. The van der Waals surface area contributed by atoms with Crippen molar-refractivity contribution in [3.8, 4) is 0 Å². The zero-order chi connectivity index (χ0) is 15.3. The molecule has 0 aromatic heterocycles. The summed E-state index contributed by atoms with van der Waals surface area (Å²) < 4.78 is 0. The molecular formula is C16H24N2O3. The first kappa shape index (κ1) is 14.5. The van der Waals surface area contributed by atoms with Crippen molar-refractivity contribution in [1.82, 2.24) is 10.2 Å². The summed E-state index contributed by atoms with van der Waals surface area (Å²) in [5.74, 6) is -0.177. The maximum absolute atomic E-state index is 12.9. The molecule has 2 aliphatic carbocycles. The molecule has 0 unspecified atom stereocenters. The van der Waals surface area contributed by atoms with Crippen molar-refractivity contribution >= 4 is 17.8 Å². The molecule has 3 rings (SSSR count). The van der Waals surface area contributed by atoms with Gasteiger partial charge in [-0.15, -0.1) is 0 Å². The molecule has 5 nitrogen and oxygen atoms in total. The summed E-state index contributed by atoms with van der Waals surface area (Å²) in [5, 5.41) is 2.44. The van der Waals surface area contributed by atoms with Gasteiger partial charge < -0.3 is 0 Å². The fraction of sp³-hybridized carbons (Fsp3) is 0.812. The number of hydrogen-bond acceptors (Lipinski definition) is 3. The molecule has 116 valence electrons. The summed E-state index contributed by atoms with van der Waals surface area (Å²) in [6, 6.07) is -0.520. The highest BCUT2D eigenvalue weighted by Crippen LogP contribution is 2.53. The van der Waals surface area contributed by atoms with E-state index in [1.807, 2.05) is 0 Å². The number of carbonyl (C=O) groups is 3. The second-order valence-electron chi connectivity index (χ2n) is 7.31. The van der Waals surface area contributed by atoms with Crippen LogP contribution in [0.2, 0.25) is 0 Å². The Morgan fingerprint density at radius 2 is 1.67 bits per heavy atom. The van der Waals surface area contributed by atoms with E-state index < -0.39 is 11.4 Å². The third kappa shape index (κ3) is 2.17. The van der Waals surface area contributed by atoms with Crippen molar-refractivity contribution in [3.05, 3.63) is 0 Å². The third-order valence-corrected chi connectivity index (χ3v) is 5.85. The van der Waals surface area contributed by atoms with Crippen molar-refractivity contribution in [2.24, 2.45) is 16.7 Å². The molecule has 2 saturated carbocycles. The van der Waals surface area contributed by atoms with E-state index in [0.29, 0.717) is 25.3 Å². The van der Waals surface area contributed by atoms with E-state index in [4.69, 9.17) is 0 Å². The highest BCUT2D eigenvalue weighted by molar-refractivity contribution is 6.19. The van der Waals surface area contributed by atoms with Gasteiger partial charge in [0.05, 0.1) is 0 Å². The van der Waals surface area contributed by atoms with Gasteiger partial charge in [-0.25, -0.2) is 4.79 Å². The number of imide groups is 2. The smallest absolute Gasteiger partial charge is 0.277 e. The molecule has 3 aliphatic rings. The molecule has 1 spiro atoms. The van der Waals surface area contributed by atoms with Crippen LogP contribution in [-0.2, 0) is 9.59 Å². The van der Waals surface area contributed by atoms with Crippen LogP contribution in [0.3, 0.4) is 0 Å². The van der Waals surface area contributed by atoms with E-state index >= 15 is 0 Å². The minimum Gasteiger partial charge on any atom is -0.277 e. The monoisotopic (exact) mass is 292 g/mol. The molecule has 0 aromatic carbocycles. The lowest BCUT2D eigenvalue weighted by Gasteiger charge is -2.42. The Morgan fingerprint density at radius 1 is 1.05 bits per heavy atom. The number of nitrogens with zero attached hydrogens (tertiary/aromatic N) is 1. The molecule has 0 atom stereocenters. The quantitative estimate of drug-likeness (QED) is 0.812. The number of amides is 4. The molecule has 1 N–H and O–H groups in total. The average Bonchev–Trinajstić information content (AvgIpc) is 3.24. The first-order chi connectivity index (χ1) is 9.91. The van der Waals surface area contributed by atoms with Crippen molar-refractivity contribution in [2.45, 2.75) is 58.8 Å². The Bertz CT molecular complexity index is 488. The number of barbiturate groups is 1. The summed E-state index contributed by atoms with van der Waals surface area (Å²) in [5.41, 5.74) is -0.900. The topological polar surface area (TPSA) is 66.5 Å². The molecule has 21 heavy (non-hydrogen) atoms. The lowest BCUT2D eigenvalue weighted by molar-refractivity contribution is -0.154. The first-order valence-corrected chi connectivity index (χ1v) is 8.09. The predicted octanol–water partition coefficient (Wildman–Crippen LogP) is 2.45. The molecule has 1 saturated heterocycles. The fourth-order valence-electron chi connectivity index (χ4n) is 3.87. The fourth-order valence-corrected chi connectivity index (χ4v) is 3.87. The minimum absolute atomic E-state index is 0.0727. The van der Waals surface area contributed by atoms with Gasteiger partial charge in [-0.3, -0.25) is 19.8 Å². The van der Waals surface area contributed by atoms with Crippen LogP contribution in [0.1, 0.15) is 58.8 Å². The zero-order valence-electron chi connectivity index (χ0n) is 12.9. The van der Waals surface area contributed by atoms with Crippen LogP contribution in [0.4, 0.5) is 4.79 Å². The van der Waals surface area contributed by atoms with Gasteiger partial charge in [-0.1, -0.05) is 33.1 Å². The molecule has 0 bridgehead atoms. The summed E-state index contributed by atoms with van der Waals surface area (Å²) in [7, 11) is 0. The highest BCUT2D eigenvalue weighted by Gasteiger charge is 2.57. The van der Waals surface area contributed by atoms with Gasteiger partial charge in [-0.2, -0.15) is 0 Å². The first-order valence-electron chi connectivity index (χ1n) is 8.09. The van der Waals surface area contributed by atoms with Crippen LogP contribution in [0, 0.1) is 16.7 Å². The van der Waals surface area contributed by atoms with Crippen LogP contribution in [-0.4, -0.2) is 29.3 Å². The van der Waals surface area contributed by atoms with Crippen molar-refractivity contribution < 1.29 is 14.4 Å². The molecule has 4 amide bonds. The van der Waals surface area contributed by atoms with Gasteiger partial charge in [0.2, 0.25) is 11.8 Å². The predicted molar refractivity (Wildman–Crippen MR) is 77.3 cm³/mol. The molecule has 1 heterocycles. The Morgan fingerprint density at radius 3 is 2.19 bits per heavy atom. The van der Waals surface area contributed by atoms with Gasteiger partial charge in [0, 0.05) is 6.54 Å². The molecule has 0 aromatic rings. The number of nitrogens with one attached hydrogen (secondary N) is 1. The van der Waals surface area contributed by atoms with Gasteiger partial charge in [-0.05, 0) is 37.0 Å². The largest absolute Gasteiger partial charge is 0.330 e. The van der Waals surface area contributed by atoms with Crippen LogP contribution in [0.5, 0.6) is 0 Å². The highest BCUT2D eigenvalue weighted by atomic mass is 16.2. The van der Waals surface area contributed by atoms with E-state index in [9.17, 15) is 14.4 Å². The third-order valence-electron chi connectivity index (χ3n) is 5.85. The van der Waals surface area contributed by atoms with Crippen molar-refractivity contribution in [3.63, 3.8) is 0 Å². The second-order valence-corrected chi connectivity index (χ2v) is 7.31. The van der Waals surface area contributed by atoms with Gasteiger partial charge in [0.15, 0.2) is 0 Å². The number of hydrogen-bond donors (Lipinski definition) is 1. The van der Waals surface area contributed by atoms with Gasteiger partial charge in [0.25, 0.3) is 0 Å². The van der Waals surface area contributed by atoms with Crippen LogP contribution in [0.25, 0.3) is 0 Å². The second kappa shape index (κ2) is 4.82. The van der Waals surface area contributed by atoms with Crippen LogP contribution in [0.15, 0.2) is 0 Å². The molecule has 0 radical (unpaired) electrons. The normalized spacial score (nSPS) is 27.2. The standard InChI is InChI=1S/C16H24N2O3/c1-11(2)15(8-9-15)10-18-13(20)16(6-4-3-5-7-16)12(19)17-14(18)21/h11H,3-10H2,1-2H3,(H,17,19,21). The number of urea groups is 1. The average molecular weight is 292 g/mol. The maximum atomic E-state index is 12.9. The maximum Gasteiger partial charge on any atom is 0.330 e. The molecule has 3 fully saturated rings. The Balaban J connectivity index is 1.85. The SMILES string of the molecule is CC(C)C1(CN2C(=O)NC(=O)C3(CCCCC3)C2=O)CC1. The van der Waals surface area contributed by atoms with E-state index in [0.717, 1.165) is 32.1 Å². The van der Waals surface area contributed by atoms with E-state index in [2.05, 4.69) is 19.2 Å². The molecule has 1 aliphatic heterocycles. The summed E-state index contributed by atoms with van der Waals surface area (Å²) in [4.78, 5) is 38.6. The van der Waals surface area contributed by atoms with E-state index in [1.54, 1.807) is 0 Å². The summed E-state index contributed by atoms with van der Waals surface area (Å²) in [6.07, 6.45) is 6.11. The van der Waals surface area contributed by atoms with Crippen molar-refractivity contribution in [2.75, 3.05) is 6.54 Å².